The van der Waals surface area contributed by atoms with Crippen LogP contribution in [0.4, 0.5) is 5.13 Å². The van der Waals surface area contributed by atoms with Gasteiger partial charge < -0.3 is 10.1 Å². The molecule has 3 aromatic rings. The van der Waals surface area contributed by atoms with Crippen LogP contribution in [0, 0.1) is 0 Å². The van der Waals surface area contributed by atoms with Crippen molar-refractivity contribution in [3.8, 4) is 5.75 Å². The first-order valence-electron chi connectivity index (χ1n) is 8.15. The Labute approximate surface area is 161 Å². The fourth-order valence-electron chi connectivity index (χ4n) is 2.39. The molecule has 0 radical (unpaired) electrons. The van der Waals surface area contributed by atoms with Crippen molar-refractivity contribution in [3.05, 3.63) is 70.2 Å². The predicted molar refractivity (Wildman–Crippen MR) is 104 cm³/mol. The van der Waals surface area contributed by atoms with Gasteiger partial charge in [-0.15, -0.1) is 10.2 Å². The number of carbonyl (C=O) groups is 1. The molecule has 0 saturated heterocycles. The lowest BCUT2D eigenvalue weighted by atomic mass is 9.98. The molecule has 0 saturated carbocycles. The van der Waals surface area contributed by atoms with Gasteiger partial charge in [-0.25, -0.2) is 0 Å². The maximum atomic E-state index is 12.2. The summed E-state index contributed by atoms with van der Waals surface area (Å²) in [5.41, 5.74) is 1.14. The van der Waals surface area contributed by atoms with Crippen LogP contribution < -0.4 is 10.1 Å². The highest BCUT2D eigenvalue weighted by atomic mass is 35.5. The molecule has 0 aliphatic rings. The van der Waals surface area contributed by atoms with Crippen LogP contribution in [0.15, 0.2) is 54.6 Å². The van der Waals surface area contributed by atoms with Gasteiger partial charge >= 0.3 is 0 Å². The molecular weight excluding hydrogens is 370 g/mol. The number of ether oxygens (including phenoxy) is 1. The number of hydrogen-bond donors (Lipinski definition) is 1. The maximum absolute atomic E-state index is 12.2. The second-order valence-electron chi connectivity index (χ2n) is 5.81. The lowest BCUT2D eigenvalue weighted by Gasteiger charge is -2.10. The Bertz CT molecular complexity index is 853. The smallest absolute Gasteiger partial charge is 0.226 e. The molecule has 7 heteroatoms. The number of aromatic nitrogens is 2. The zero-order valence-electron chi connectivity index (χ0n) is 14.2. The molecule has 1 atom stereocenters. The third kappa shape index (κ3) is 5.28. The minimum absolute atomic E-state index is 0.0809. The van der Waals surface area contributed by atoms with E-state index < -0.39 is 0 Å². The van der Waals surface area contributed by atoms with Crippen LogP contribution in [0.5, 0.6) is 5.75 Å². The number of nitrogens with one attached hydrogen (secondary N) is 1. The van der Waals surface area contributed by atoms with Crippen LogP contribution in [-0.2, 0) is 11.4 Å². The number of rotatable bonds is 7. The Morgan fingerprint density at radius 2 is 1.88 bits per heavy atom. The summed E-state index contributed by atoms with van der Waals surface area (Å²) in [6.45, 7) is 2.32. The van der Waals surface area contributed by atoms with E-state index in [-0.39, 0.29) is 18.4 Å². The van der Waals surface area contributed by atoms with E-state index in [1.165, 1.54) is 11.3 Å². The van der Waals surface area contributed by atoms with Crippen molar-refractivity contribution in [1.82, 2.24) is 10.2 Å². The number of benzene rings is 2. The monoisotopic (exact) mass is 387 g/mol. The highest BCUT2D eigenvalue weighted by Crippen LogP contribution is 2.22. The second kappa shape index (κ2) is 8.78. The Morgan fingerprint density at radius 3 is 2.62 bits per heavy atom. The van der Waals surface area contributed by atoms with Gasteiger partial charge in [-0.05, 0) is 35.7 Å². The predicted octanol–water partition coefficient (Wildman–Crippen LogP) is 4.90. The van der Waals surface area contributed by atoms with Crippen LogP contribution >= 0.6 is 22.9 Å². The van der Waals surface area contributed by atoms with Crippen molar-refractivity contribution in [3.63, 3.8) is 0 Å². The summed E-state index contributed by atoms with van der Waals surface area (Å²) < 4.78 is 5.62. The number of nitrogens with zero attached hydrogens (tertiary/aromatic N) is 2. The van der Waals surface area contributed by atoms with Crippen LogP contribution in [0.3, 0.4) is 0 Å². The fraction of sp³-hybridized carbons (Fsp3) is 0.211. The number of carbonyl (C=O) groups excluding carboxylic acids is 1. The van der Waals surface area contributed by atoms with Crippen LogP contribution in [-0.4, -0.2) is 16.1 Å². The Morgan fingerprint density at radius 1 is 1.15 bits per heavy atom. The van der Waals surface area contributed by atoms with Gasteiger partial charge in [-0.2, -0.15) is 0 Å². The van der Waals surface area contributed by atoms with E-state index in [0.29, 0.717) is 27.3 Å². The lowest BCUT2D eigenvalue weighted by molar-refractivity contribution is -0.116. The van der Waals surface area contributed by atoms with E-state index in [4.69, 9.17) is 16.3 Å². The average molecular weight is 388 g/mol. The quantitative estimate of drug-likeness (QED) is 0.626. The molecule has 1 N–H and O–H groups in total. The van der Waals surface area contributed by atoms with Gasteiger partial charge in [0.2, 0.25) is 11.0 Å². The minimum atomic E-state index is -0.0809. The van der Waals surface area contributed by atoms with E-state index in [0.717, 1.165) is 5.56 Å². The summed E-state index contributed by atoms with van der Waals surface area (Å²) in [7, 11) is 0. The topological polar surface area (TPSA) is 64.1 Å². The number of halogens is 1. The Hall–Kier alpha value is -2.44. The Kier molecular flexibility index (Phi) is 6.20. The van der Waals surface area contributed by atoms with Crippen molar-refractivity contribution >= 4 is 34.0 Å². The SMILES string of the molecule is C[C@@H](CC(=O)Nc1nnc(COc2ccc(Cl)cc2)s1)c1ccccc1. The summed E-state index contributed by atoms with van der Waals surface area (Å²) >= 11 is 7.14. The third-order valence-electron chi connectivity index (χ3n) is 3.75. The summed E-state index contributed by atoms with van der Waals surface area (Å²) in [6.07, 6.45) is 0.389. The maximum Gasteiger partial charge on any atom is 0.226 e. The number of anilines is 1. The van der Waals surface area contributed by atoms with Crippen LogP contribution in [0.2, 0.25) is 5.02 Å². The van der Waals surface area contributed by atoms with Gasteiger partial charge in [-0.3, -0.25) is 4.79 Å². The molecule has 5 nitrogen and oxygen atoms in total. The van der Waals surface area contributed by atoms with E-state index in [2.05, 4.69) is 15.5 Å². The summed E-state index contributed by atoms with van der Waals surface area (Å²) in [6, 6.07) is 17.1. The van der Waals surface area contributed by atoms with E-state index in [1.807, 2.05) is 37.3 Å². The van der Waals surface area contributed by atoms with Crippen molar-refractivity contribution in [2.75, 3.05) is 5.32 Å². The molecule has 0 aliphatic heterocycles. The van der Waals surface area contributed by atoms with Crippen molar-refractivity contribution in [1.29, 1.82) is 0 Å². The summed E-state index contributed by atoms with van der Waals surface area (Å²) in [4.78, 5) is 12.2. The average Bonchev–Trinajstić information content (AvgIpc) is 3.09. The standard InChI is InChI=1S/C19H18ClN3O2S/c1-13(14-5-3-2-4-6-14)11-17(24)21-19-23-22-18(26-19)12-25-16-9-7-15(20)8-10-16/h2-10,13H,11-12H2,1H3,(H,21,23,24)/t13-/m0/s1. The summed E-state index contributed by atoms with van der Waals surface area (Å²) in [5, 5.41) is 12.7. The zero-order chi connectivity index (χ0) is 18.4. The first-order chi connectivity index (χ1) is 12.6. The van der Waals surface area contributed by atoms with Gasteiger partial charge in [0.1, 0.15) is 12.4 Å². The molecular formula is C19H18ClN3O2S. The van der Waals surface area contributed by atoms with Crippen LogP contribution in [0.1, 0.15) is 29.8 Å². The molecule has 2 aromatic carbocycles. The van der Waals surface area contributed by atoms with Crippen molar-refractivity contribution in [2.24, 2.45) is 0 Å². The highest BCUT2D eigenvalue weighted by Gasteiger charge is 2.13. The first kappa shape index (κ1) is 18.4. The van der Waals surface area contributed by atoms with Crippen molar-refractivity contribution in [2.45, 2.75) is 25.9 Å². The van der Waals surface area contributed by atoms with Crippen molar-refractivity contribution < 1.29 is 9.53 Å². The minimum Gasteiger partial charge on any atom is -0.486 e. The molecule has 0 fully saturated rings. The summed E-state index contributed by atoms with van der Waals surface area (Å²) in [5.74, 6) is 0.756. The molecule has 1 aromatic heterocycles. The molecule has 0 bridgehead atoms. The van der Waals surface area contributed by atoms with Gasteiger partial charge in [0.05, 0.1) is 0 Å². The van der Waals surface area contributed by atoms with E-state index in [1.54, 1.807) is 24.3 Å². The molecule has 26 heavy (non-hydrogen) atoms. The van der Waals surface area contributed by atoms with Gasteiger partial charge in [-0.1, -0.05) is 60.2 Å². The van der Waals surface area contributed by atoms with Gasteiger partial charge in [0.25, 0.3) is 0 Å². The van der Waals surface area contributed by atoms with E-state index >= 15 is 0 Å². The molecule has 1 amide bonds. The van der Waals surface area contributed by atoms with Crippen LogP contribution in [0.25, 0.3) is 0 Å². The fourth-order valence-corrected chi connectivity index (χ4v) is 3.18. The largest absolute Gasteiger partial charge is 0.486 e. The molecule has 3 rings (SSSR count). The first-order valence-corrected chi connectivity index (χ1v) is 9.35. The second-order valence-corrected chi connectivity index (χ2v) is 7.31. The molecule has 1 heterocycles. The zero-order valence-corrected chi connectivity index (χ0v) is 15.8. The number of hydrogen-bond acceptors (Lipinski definition) is 5. The molecule has 134 valence electrons. The molecule has 0 unspecified atom stereocenters. The highest BCUT2D eigenvalue weighted by molar-refractivity contribution is 7.15. The molecule has 0 spiro atoms. The third-order valence-corrected chi connectivity index (χ3v) is 4.81. The normalized spacial score (nSPS) is 11.8. The van der Waals surface area contributed by atoms with E-state index in [9.17, 15) is 4.79 Å². The Balaban J connectivity index is 1.49. The number of amides is 1. The van der Waals surface area contributed by atoms with Gasteiger partial charge in [0.15, 0.2) is 5.01 Å². The molecule has 0 aliphatic carbocycles. The lowest BCUT2D eigenvalue weighted by Crippen LogP contribution is -2.14. The van der Waals surface area contributed by atoms with Gasteiger partial charge in [0, 0.05) is 11.4 Å².